The van der Waals surface area contributed by atoms with Crippen molar-refractivity contribution in [2.75, 3.05) is 0 Å². The minimum Gasteiger partial charge on any atom is -0.493 e. The highest BCUT2D eigenvalue weighted by molar-refractivity contribution is 6.28. The lowest BCUT2D eigenvalue weighted by atomic mass is 10.3. The molecule has 0 amide bonds. The Balaban J connectivity index is 3.06. The Bertz CT molecular complexity index is 219. The molecule has 0 radical (unpaired) electrons. The van der Waals surface area contributed by atoms with Crippen molar-refractivity contribution in [2.24, 2.45) is 0 Å². The van der Waals surface area contributed by atoms with Crippen LogP contribution in [0.15, 0.2) is 6.07 Å². The number of hydrogen-bond donors (Lipinski definition) is 1. The molecule has 0 saturated carbocycles. The van der Waals surface area contributed by atoms with Gasteiger partial charge in [0.25, 0.3) is 0 Å². The quantitative estimate of drug-likeness (QED) is 0.629. The van der Waals surface area contributed by atoms with E-state index in [4.69, 9.17) is 16.7 Å². The first-order valence-corrected chi connectivity index (χ1v) is 3.32. The molecule has 1 aromatic heterocycles. The van der Waals surface area contributed by atoms with Crippen LogP contribution >= 0.6 is 11.6 Å². The molecule has 1 rings (SSSR count). The highest BCUT2D eigenvalue weighted by Crippen LogP contribution is 2.10. The second-order valence-electron chi connectivity index (χ2n) is 1.84. The normalized spacial score (nSPS) is 9.80. The van der Waals surface area contributed by atoms with Crippen LogP contribution in [0.5, 0.6) is 5.88 Å². The Hall–Kier alpha value is -0.830. The summed E-state index contributed by atoms with van der Waals surface area (Å²) in [5.41, 5.74) is 0.748. The molecule has 1 N–H and O–H groups in total. The molecule has 0 unspecified atom stereocenters. The lowest BCUT2D eigenvalue weighted by Crippen LogP contribution is -1.89. The summed E-state index contributed by atoms with van der Waals surface area (Å²) >= 11 is 5.45. The van der Waals surface area contributed by atoms with Gasteiger partial charge >= 0.3 is 0 Å². The van der Waals surface area contributed by atoms with Crippen molar-refractivity contribution in [2.45, 2.75) is 13.3 Å². The van der Waals surface area contributed by atoms with Crippen LogP contribution in [0.2, 0.25) is 5.28 Å². The first-order valence-electron chi connectivity index (χ1n) is 2.95. The Kier molecular flexibility index (Phi) is 2.06. The van der Waals surface area contributed by atoms with Crippen LogP contribution in [0.4, 0.5) is 0 Å². The molecule has 0 aromatic carbocycles. The van der Waals surface area contributed by atoms with Gasteiger partial charge in [0.05, 0.1) is 0 Å². The molecule has 0 fully saturated rings. The smallest absolute Gasteiger partial charge is 0.225 e. The van der Waals surface area contributed by atoms with E-state index in [0.717, 1.165) is 12.1 Å². The van der Waals surface area contributed by atoms with Crippen molar-refractivity contribution >= 4 is 11.6 Å². The standard InChI is InChI=1S/C6H7ClN2O/c1-2-4-3-5(10)9-6(7)8-4/h3H,2H2,1H3,(H,8,9,10). The minimum absolute atomic E-state index is 0.0724. The number of hydrogen-bond acceptors (Lipinski definition) is 3. The van der Waals surface area contributed by atoms with Gasteiger partial charge in [0.2, 0.25) is 11.2 Å². The fraction of sp³-hybridized carbons (Fsp3) is 0.333. The molecule has 0 bridgehead atoms. The van der Waals surface area contributed by atoms with Crippen molar-refractivity contribution in [3.63, 3.8) is 0 Å². The number of halogens is 1. The summed E-state index contributed by atoms with van der Waals surface area (Å²) in [5.74, 6) is -0.0724. The van der Waals surface area contributed by atoms with Gasteiger partial charge in [0, 0.05) is 11.8 Å². The third kappa shape index (κ3) is 1.57. The van der Waals surface area contributed by atoms with Gasteiger partial charge in [0.1, 0.15) is 0 Å². The summed E-state index contributed by atoms with van der Waals surface area (Å²) in [6.07, 6.45) is 0.746. The summed E-state index contributed by atoms with van der Waals surface area (Å²) < 4.78 is 0. The summed E-state index contributed by atoms with van der Waals surface area (Å²) in [7, 11) is 0. The van der Waals surface area contributed by atoms with Gasteiger partial charge in [-0.15, -0.1) is 0 Å². The predicted molar refractivity (Wildman–Crippen MR) is 38.1 cm³/mol. The van der Waals surface area contributed by atoms with E-state index < -0.39 is 0 Å². The van der Waals surface area contributed by atoms with Crippen LogP contribution in [-0.2, 0) is 6.42 Å². The van der Waals surface area contributed by atoms with E-state index in [1.54, 1.807) is 0 Å². The van der Waals surface area contributed by atoms with Crippen LogP contribution in [0.3, 0.4) is 0 Å². The maximum Gasteiger partial charge on any atom is 0.225 e. The van der Waals surface area contributed by atoms with Crippen LogP contribution in [-0.4, -0.2) is 15.1 Å². The van der Waals surface area contributed by atoms with Crippen molar-refractivity contribution in [1.82, 2.24) is 9.97 Å². The van der Waals surface area contributed by atoms with Gasteiger partial charge in [-0.3, -0.25) is 0 Å². The van der Waals surface area contributed by atoms with Gasteiger partial charge in [0.15, 0.2) is 0 Å². The van der Waals surface area contributed by atoms with Crippen LogP contribution < -0.4 is 0 Å². The van der Waals surface area contributed by atoms with E-state index in [-0.39, 0.29) is 11.2 Å². The predicted octanol–water partition coefficient (Wildman–Crippen LogP) is 1.40. The Labute approximate surface area is 63.7 Å². The zero-order chi connectivity index (χ0) is 7.56. The van der Waals surface area contributed by atoms with E-state index >= 15 is 0 Å². The Morgan fingerprint density at radius 2 is 2.30 bits per heavy atom. The molecule has 0 atom stereocenters. The number of aryl methyl sites for hydroxylation is 1. The molecule has 4 heteroatoms. The van der Waals surface area contributed by atoms with E-state index in [1.807, 2.05) is 6.92 Å². The molecular weight excluding hydrogens is 152 g/mol. The highest BCUT2D eigenvalue weighted by Gasteiger charge is 1.97. The van der Waals surface area contributed by atoms with Crippen molar-refractivity contribution in [1.29, 1.82) is 0 Å². The van der Waals surface area contributed by atoms with E-state index in [2.05, 4.69) is 9.97 Å². The molecule has 0 spiro atoms. The molecule has 3 nitrogen and oxygen atoms in total. The monoisotopic (exact) mass is 158 g/mol. The minimum atomic E-state index is -0.0724. The zero-order valence-corrected chi connectivity index (χ0v) is 6.26. The van der Waals surface area contributed by atoms with Gasteiger partial charge in [-0.25, -0.2) is 4.98 Å². The highest BCUT2D eigenvalue weighted by atomic mass is 35.5. The van der Waals surface area contributed by atoms with E-state index in [9.17, 15) is 0 Å². The van der Waals surface area contributed by atoms with Crippen molar-refractivity contribution in [3.8, 4) is 5.88 Å². The third-order valence-electron chi connectivity index (χ3n) is 1.10. The van der Waals surface area contributed by atoms with Gasteiger partial charge in [-0.05, 0) is 18.0 Å². The van der Waals surface area contributed by atoms with Gasteiger partial charge < -0.3 is 5.11 Å². The van der Waals surface area contributed by atoms with Gasteiger partial charge in [-0.1, -0.05) is 6.92 Å². The second kappa shape index (κ2) is 2.84. The molecular formula is C6H7ClN2O. The number of nitrogens with zero attached hydrogens (tertiary/aromatic N) is 2. The largest absolute Gasteiger partial charge is 0.493 e. The van der Waals surface area contributed by atoms with Crippen molar-refractivity contribution < 1.29 is 5.11 Å². The topological polar surface area (TPSA) is 46.0 Å². The second-order valence-corrected chi connectivity index (χ2v) is 2.18. The summed E-state index contributed by atoms with van der Waals surface area (Å²) in [5, 5.41) is 8.98. The molecule has 0 aliphatic heterocycles. The molecule has 0 aliphatic carbocycles. The molecule has 1 aromatic rings. The summed E-state index contributed by atoms with van der Waals surface area (Å²) in [4.78, 5) is 7.34. The fourth-order valence-electron chi connectivity index (χ4n) is 0.633. The number of aromatic nitrogens is 2. The van der Waals surface area contributed by atoms with E-state index in [1.165, 1.54) is 6.07 Å². The SMILES string of the molecule is CCc1cc(O)nc(Cl)n1. The zero-order valence-electron chi connectivity index (χ0n) is 5.50. The molecule has 10 heavy (non-hydrogen) atoms. The molecule has 0 saturated heterocycles. The average molecular weight is 159 g/mol. The van der Waals surface area contributed by atoms with Crippen molar-refractivity contribution in [3.05, 3.63) is 17.0 Å². The van der Waals surface area contributed by atoms with Crippen LogP contribution in [0, 0.1) is 0 Å². The summed E-state index contributed by atoms with van der Waals surface area (Å²) in [6, 6.07) is 1.49. The first-order chi connectivity index (χ1) is 4.72. The Morgan fingerprint density at radius 1 is 1.60 bits per heavy atom. The van der Waals surface area contributed by atoms with E-state index in [0.29, 0.717) is 0 Å². The summed E-state index contributed by atoms with van der Waals surface area (Å²) in [6.45, 7) is 1.93. The molecule has 1 heterocycles. The maximum atomic E-state index is 8.89. The maximum absolute atomic E-state index is 8.89. The average Bonchev–Trinajstić information content (AvgIpc) is 1.85. The lowest BCUT2D eigenvalue weighted by molar-refractivity contribution is 0.451. The molecule has 54 valence electrons. The van der Waals surface area contributed by atoms with Crippen LogP contribution in [0.25, 0.3) is 0 Å². The Morgan fingerprint density at radius 3 is 2.80 bits per heavy atom. The third-order valence-corrected chi connectivity index (χ3v) is 1.27. The van der Waals surface area contributed by atoms with Crippen LogP contribution in [0.1, 0.15) is 12.6 Å². The van der Waals surface area contributed by atoms with Gasteiger partial charge in [-0.2, -0.15) is 4.98 Å². The fourth-order valence-corrected chi connectivity index (χ4v) is 0.828. The number of aromatic hydroxyl groups is 1. The molecule has 0 aliphatic rings. The number of rotatable bonds is 1. The first kappa shape index (κ1) is 7.28. The lowest BCUT2D eigenvalue weighted by Gasteiger charge is -1.95.